The molecule has 1 aliphatic carbocycles. The molecule has 3 nitrogen and oxygen atoms in total. The van der Waals surface area contributed by atoms with Crippen molar-refractivity contribution in [2.24, 2.45) is 5.41 Å². The number of carboxylic acids is 1. The van der Waals surface area contributed by atoms with Gasteiger partial charge in [-0.25, -0.2) is 0 Å². The second-order valence-electron chi connectivity index (χ2n) is 4.04. The predicted molar refractivity (Wildman–Crippen MR) is 44.9 cm³/mol. The van der Waals surface area contributed by atoms with Crippen molar-refractivity contribution < 1.29 is 9.90 Å². The van der Waals surface area contributed by atoms with Crippen LogP contribution in [-0.2, 0) is 4.79 Å². The molecule has 0 bridgehead atoms. The molecule has 1 aliphatic heterocycles. The van der Waals surface area contributed by atoms with Crippen LogP contribution < -0.4 is 5.32 Å². The first-order valence-electron chi connectivity index (χ1n) is 4.71. The Labute approximate surface area is 72.2 Å². The molecule has 1 atom stereocenters. The van der Waals surface area contributed by atoms with Gasteiger partial charge < -0.3 is 10.4 Å². The molecule has 2 fully saturated rings. The van der Waals surface area contributed by atoms with Gasteiger partial charge in [-0.15, -0.1) is 0 Å². The number of hydrogen-bond donors (Lipinski definition) is 2. The molecule has 0 aromatic carbocycles. The Balaban J connectivity index is 2.17. The zero-order valence-corrected chi connectivity index (χ0v) is 7.18. The quantitative estimate of drug-likeness (QED) is 0.615. The van der Waals surface area contributed by atoms with Crippen LogP contribution >= 0.6 is 0 Å². The topological polar surface area (TPSA) is 49.3 Å². The van der Waals surface area contributed by atoms with Gasteiger partial charge in [0.1, 0.15) is 6.04 Å². The van der Waals surface area contributed by atoms with Gasteiger partial charge in [-0.1, -0.05) is 12.8 Å². The number of aliphatic carboxylic acids is 1. The second kappa shape index (κ2) is 2.73. The lowest BCUT2D eigenvalue weighted by Gasteiger charge is -2.26. The molecule has 0 unspecified atom stereocenters. The molecule has 1 heterocycles. The third-order valence-electron chi connectivity index (χ3n) is 3.43. The predicted octanol–water partition coefficient (Wildman–Crippen LogP) is 0.993. The van der Waals surface area contributed by atoms with Gasteiger partial charge in [-0.05, 0) is 31.2 Å². The summed E-state index contributed by atoms with van der Waals surface area (Å²) < 4.78 is 0. The highest BCUT2D eigenvalue weighted by Crippen LogP contribution is 2.46. The van der Waals surface area contributed by atoms with Gasteiger partial charge in [-0.2, -0.15) is 0 Å². The molecule has 1 saturated carbocycles. The molecule has 12 heavy (non-hydrogen) atoms. The van der Waals surface area contributed by atoms with Gasteiger partial charge in [0.25, 0.3) is 0 Å². The van der Waals surface area contributed by atoms with Gasteiger partial charge in [0.05, 0.1) is 0 Å². The lowest BCUT2D eigenvalue weighted by atomic mass is 9.79. The summed E-state index contributed by atoms with van der Waals surface area (Å²) in [6.07, 6.45) is 5.70. The fraction of sp³-hybridized carbons (Fsp3) is 0.889. The molecular weight excluding hydrogens is 154 g/mol. The normalized spacial score (nSPS) is 32.8. The minimum Gasteiger partial charge on any atom is -0.480 e. The lowest BCUT2D eigenvalue weighted by molar-refractivity contribution is -0.141. The van der Waals surface area contributed by atoms with Crippen molar-refractivity contribution in [2.45, 2.75) is 38.1 Å². The summed E-state index contributed by atoms with van der Waals surface area (Å²) in [7, 11) is 0. The van der Waals surface area contributed by atoms with E-state index >= 15 is 0 Å². The Morgan fingerprint density at radius 3 is 2.58 bits per heavy atom. The fourth-order valence-corrected chi connectivity index (χ4v) is 2.79. The molecule has 0 aromatic rings. The largest absolute Gasteiger partial charge is 0.480 e. The highest BCUT2D eigenvalue weighted by atomic mass is 16.4. The standard InChI is InChI=1S/C9H15NO2/c11-8(12)7-9(5-6-10-7)3-1-2-4-9/h7,10H,1-6H2,(H,11,12)/t7-/m1/s1. The van der Waals surface area contributed by atoms with Crippen LogP contribution in [-0.4, -0.2) is 23.7 Å². The molecule has 2 aliphatic rings. The van der Waals surface area contributed by atoms with Crippen LogP contribution in [0.3, 0.4) is 0 Å². The van der Waals surface area contributed by atoms with Gasteiger partial charge in [-0.3, -0.25) is 4.79 Å². The minimum absolute atomic E-state index is 0.117. The highest BCUT2D eigenvalue weighted by molar-refractivity contribution is 5.75. The van der Waals surface area contributed by atoms with Crippen molar-refractivity contribution in [1.29, 1.82) is 0 Å². The number of nitrogens with one attached hydrogen (secondary N) is 1. The number of rotatable bonds is 1. The second-order valence-corrected chi connectivity index (χ2v) is 4.04. The zero-order valence-electron chi connectivity index (χ0n) is 7.18. The maximum atomic E-state index is 10.9. The Bertz CT molecular complexity index is 191. The smallest absolute Gasteiger partial charge is 0.321 e. The van der Waals surface area contributed by atoms with Crippen molar-refractivity contribution in [2.75, 3.05) is 6.54 Å². The van der Waals surface area contributed by atoms with Crippen LogP contribution in [0, 0.1) is 5.41 Å². The van der Waals surface area contributed by atoms with Crippen LogP contribution in [0.2, 0.25) is 0 Å². The third-order valence-corrected chi connectivity index (χ3v) is 3.43. The first-order chi connectivity index (χ1) is 5.75. The van der Waals surface area contributed by atoms with Crippen molar-refractivity contribution in [1.82, 2.24) is 5.32 Å². The average molecular weight is 169 g/mol. The Morgan fingerprint density at radius 1 is 1.33 bits per heavy atom. The molecule has 0 amide bonds. The highest BCUT2D eigenvalue weighted by Gasteiger charge is 2.47. The number of hydrogen-bond acceptors (Lipinski definition) is 2. The SMILES string of the molecule is O=C(O)[C@H]1NCCC12CCCC2. The van der Waals surface area contributed by atoms with E-state index < -0.39 is 5.97 Å². The van der Waals surface area contributed by atoms with Gasteiger partial charge in [0.15, 0.2) is 0 Å². The number of carboxylic acid groups (broad SMARTS) is 1. The van der Waals surface area contributed by atoms with Gasteiger partial charge in [0.2, 0.25) is 0 Å². The van der Waals surface area contributed by atoms with Crippen LogP contribution in [0.25, 0.3) is 0 Å². The molecule has 1 saturated heterocycles. The summed E-state index contributed by atoms with van der Waals surface area (Å²) in [5, 5.41) is 12.1. The zero-order chi connectivity index (χ0) is 8.60. The van der Waals surface area contributed by atoms with E-state index in [1.807, 2.05) is 0 Å². The van der Waals surface area contributed by atoms with E-state index in [0.717, 1.165) is 25.8 Å². The summed E-state index contributed by atoms with van der Waals surface area (Å²) in [6.45, 7) is 0.886. The van der Waals surface area contributed by atoms with Crippen LogP contribution in [0.5, 0.6) is 0 Å². The van der Waals surface area contributed by atoms with Crippen molar-refractivity contribution >= 4 is 5.97 Å². The average Bonchev–Trinajstić information content (AvgIpc) is 2.61. The van der Waals surface area contributed by atoms with E-state index in [2.05, 4.69) is 5.32 Å². The van der Waals surface area contributed by atoms with Crippen LogP contribution in [0.1, 0.15) is 32.1 Å². The lowest BCUT2D eigenvalue weighted by Crippen LogP contribution is -2.41. The van der Waals surface area contributed by atoms with Crippen LogP contribution in [0.4, 0.5) is 0 Å². The van der Waals surface area contributed by atoms with E-state index in [-0.39, 0.29) is 11.5 Å². The Kier molecular flexibility index (Phi) is 1.83. The van der Waals surface area contributed by atoms with Crippen molar-refractivity contribution in [3.63, 3.8) is 0 Å². The molecular formula is C9H15NO2. The summed E-state index contributed by atoms with van der Waals surface area (Å²) >= 11 is 0. The molecule has 1 spiro atoms. The molecule has 3 heteroatoms. The molecule has 68 valence electrons. The monoisotopic (exact) mass is 169 g/mol. The maximum Gasteiger partial charge on any atom is 0.321 e. The third kappa shape index (κ3) is 1.04. The molecule has 2 rings (SSSR count). The summed E-state index contributed by atoms with van der Waals surface area (Å²) in [5.74, 6) is -0.658. The van der Waals surface area contributed by atoms with Gasteiger partial charge in [0, 0.05) is 0 Å². The Morgan fingerprint density at radius 2 is 2.00 bits per heavy atom. The van der Waals surface area contributed by atoms with E-state index in [4.69, 9.17) is 5.11 Å². The fourth-order valence-electron chi connectivity index (χ4n) is 2.79. The molecule has 2 N–H and O–H groups in total. The minimum atomic E-state index is -0.658. The van der Waals surface area contributed by atoms with Gasteiger partial charge >= 0.3 is 5.97 Å². The van der Waals surface area contributed by atoms with E-state index in [0.29, 0.717) is 0 Å². The summed E-state index contributed by atoms with van der Waals surface area (Å²) in [6, 6.07) is -0.264. The molecule has 0 radical (unpaired) electrons. The summed E-state index contributed by atoms with van der Waals surface area (Å²) in [5.41, 5.74) is 0.117. The van der Waals surface area contributed by atoms with E-state index in [1.165, 1.54) is 12.8 Å². The van der Waals surface area contributed by atoms with E-state index in [9.17, 15) is 4.79 Å². The number of carbonyl (C=O) groups is 1. The maximum absolute atomic E-state index is 10.9. The Hall–Kier alpha value is -0.570. The van der Waals surface area contributed by atoms with E-state index in [1.54, 1.807) is 0 Å². The summed E-state index contributed by atoms with van der Waals surface area (Å²) in [4.78, 5) is 10.9. The van der Waals surface area contributed by atoms with Crippen molar-refractivity contribution in [3.8, 4) is 0 Å². The first-order valence-corrected chi connectivity index (χ1v) is 4.71. The van der Waals surface area contributed by atoms with Crippen LogP contribution in [0.15, 0.2) is 0 Å². The molecule has 0 aromatic heterocycles. The van der Waals surface area contributed by atoms with Crippen molar-refractivity contribution in [3.05, 3.63) is 0 Å². The first kappa shape index (κ1) is 8.05.